The van der Waals surface area contributed by atoms with Crippen molar-refractivity contribution in [3.05, 3.63) is 58.3 Å². The van der Waals surface area contributed by atoms with E-state index in [9.17, 15) is 12.8 Å². The van der Waals surface area contributed by atoms with Crippen LogP contribution in [0.2, 0.25) is 0 Å². The lowest BCUT2D eigenvalue weighted by Crippen LogP contribution is -2.12. The molecule has 0 bridgehead atoms. The third-order valence-corrected chi connectivity index (χ3v) is 4.36. The summed E-state index contributed by atoms with van der Waals surface area (Å²) in [5.74, 6) is -0.628. The Bertz CT molecular complexity index is 802. The van der Waals surface area contributed by atoms with E-state index in [0.717, 1.165) is 16.8 Å². The molecule has 0 heterocycles. The van der Waals surface area contributed by atoms with Gasteiger partial charge in [0.2, 0.25) is 0 Å². The molecule has 7 heteroatoms. The second-order valence-electron chi connectivity index (χ2n) is 4.39. The first-order valence-electron chi connectivity index (χ1n) is 5.87. The lowest BCUT2D eigenvalue weighted by molar-refractivity contribution is 0.571. The van der Waals surface area contributed by atoms with E-state index < -0.39 is 15.7 Å². The van der Waals surface area contributed by atoms with Crippen molar-refractivity contribution in [3.8, 4) is 0 Å². The molecule has 0 saturated carbocycles. The molecule has 0 fully saturated rings. The Hall–Kier alpha value is -1.73. The number of benzene rings is 2. The van der Waals surface area contributed by atoms with Crippen molar-refractivity contribution in [3.63, 3.8) is 0 Å². The van der Waals surface area contributed by atoms with Crippen molar-refractivity contribution in [1.82, 2.24) is 0 Å². The molecule has 0 unspecified atom stereocenters. The summed E-state index contributed by atoms with van der Waals surface area (Å²) in [5, 5.41) is 0. The number of sulfone groups is 1. The van der Waals surface area contributed by atoms with Crippen molar-refractivity contribution >= 4 is 37.3 Å². The van der Waals surface area contributed by atoms with Crippen LogP contribution in [-0.4, -0.2) is 20.5 Å². The average molecular weight is 371 g/mol. The number of amidine groups is 1. The maximum absolute atomic E-state index is 13.8. The van der Waals surface area contributed by atoms with Crippen molar-refractivity contribution in [2.45, 2.75) is 4.90 Å². The number of hydrogen-bond donors (Lipinski definition) is 1. The van der Waals surface area contributed by atoms with Crippen LogP contribution in [0, 0.1) is 5.82 Å². The van der Waals surface area contributed by atoms with E-state index in [4.69, 9.17) is 5.73 Å². The van der Waals surface area contributed by atoms with Gasteiger partial charge in [0.25, 0.3) is 0 Å². The minimum Gasteiger partial charge on any atom is -0.383 e. The molecule has 2 rings (SSSR count). The molecule has 21 heavy (non-hydrogen) atoms. The van der Waals surface area contributed by atoms with E-state index in [1.165, 1.54) is 12.1 Å². The molecule has 0 radical (unpaired) electrons. The fourth-order valence-electron chi connectivity index (χ4n) is 1.68. The summed E-state index contributed by atoms with van der Waals surface area (Å²) in [6.07, 6.45) is 0.949. The molecule has 2 aromatic carbocycles. The largest absolute Gasteiger partial charge is 0.383 e. The lowest BCUT2D eigenvalue weighted by Gasteiger charge is -2.04. The van der Waals surface area contributed by atoms with Crippen LogP contribution in [-0.2, 0) is 9.84 Å². The number of nitrogens with zero attached hydrogens (tertiary/aromatic N) is 1. The number of rotatable bonds is 3. The molecule has 2 aromatic rings. The van der Waals surface area contributed by atoms with E-state index in [1.54, 1.807) is 12.1 Å². The number of aliphatic imine (C=N–C) groups is 1. The normalized spacial score (nSPS) is 12.4. The maximum Gasteiger partial charge on any atom is 0.178 e. The minimum atomic E-state index is -3.60. The second-order valence-corrected chi connectivity index (χ2v) is 7.29. The summed E-state index contributed by atoms with van der Waals surface area (Å²) in [7, 11) is -3.60. The van der Waals surface area contributed by atoms with Crippen LogP contribution in [0.3, 0.4) is 0 Å². The highest BCUT2D eigenvalue weighted by Crippen LogP contribution is 2.21. The molecule has 0 saturated heterocycles. The summed E-state index contributed by atoms with van der Waals surface area (Å²) >= 11 is 3.31. The Kier molecular flexibility index (Phi) is 4.43. The molecule has 0 aliphatic rings. The minimum absolute atomic E-state index is 0.217. The topological polar surface area (TPSA) is 72.5 Å². The molecule has 0 aromatic heterocycles. The molecule has 0 amide bonds. The Labute approximate surface area is 130 Å². The van der Waals surface area contributed by atoms with E-state index in [1.807, 2.05) is 12.1 Å². The van der Waals surface area contributed by atoms with Gasteiger partial charge in [-0.25, -0.2) is 17.8 Å². The SMILES string of the molecule is CS(=O)(=O)c1ccc(N=C(N)c2ccc(Br)cc2)cc1F. The van der Waals surface area contributed by atoms with E-state index >= 15 is 0 Å². The van der Waals surface area contributed by atoms with Gasteiger partial charge >= 0.3 is 0 Å². The summed E-state index contributed by atoms with van der Waals surface area (Å²) in [6.45, 7) is 0. The number of nitrogens with two attached hydrogens (primary N) is 1. The summed E-state index contributed by atoms with van der Waals surface area (Å²) in [5.41, 5.74) is 6.78. The van der Waals surface area contributed by atoms with Gasteiger partial charge in [-0.05, 0) is 24.3 Å². The number of hydrogen-bond acceptors (Lipinski definition) is 3. The van der Waals surface area contributed by atoms with Gasteiger partial charge < -0.3 is 5.73 Å². The zero-order chi connectivity index (χ0) is 15.6. The Balaban J connectivity index is 2.37. The second kappa shape index (κ2) is 5.95. The van der Waals surface area contributed by atoms with Gasteiger partial charge in [-0.2, -0.15) is 0 Å². The highest BCUT2D eigenvalue weighted by Gasteiger charge is 2.13. The quantitative estimate of drug-likeness (QED) is 0.666. The van der Waals surface area contributed by atoms with Gasteiger partial charge in [0.05, 0.1) is 5.69 Å². The Morgan fingerprint density at radius 2 is 1.81 bits per heavy atom. The fourth-order valence-corrected chi connectivity index (χ4v) is 2.68. The summed E-state index contributed by atoms with van der Waals surface area (Å²) in [6, 6.07) is 10.8. The fraction of sp³-hybridized carbons (Fsp3) is 0.0714. The third kappa shape index (κ3) is 3.89. The van der Waals surface area contributed by atoms with E-state index in [-0.39, 0.29) is 16.4 Å². The summed E-state index contributed by atoms with van der Waals surface area (Å²) in [4.78, 5) is 3.73. The lowest BCUT2D eigenvalue weighted by atomic mass is 10.2. The van der Waals surface area contributed by atoms with Gasteiger partial charge in [-0.3, -0.25) is 0 Å². The summed E-state index contributed by atoms with van der Waals surface area (Å²) < 4.78 is 37.3. The molecule has 0 aliphatic heterocycles. The van der Waals surface area contributed by atoms with Gasteiger partial charge in [0, 0.05) is 22.4 Å². The first-order chi connectivity index (χ1) is 9.77. The van der Waals surface area contributed by atoms with E-state index in [0.29, 0.717) is 5.56 Å². The monoisotopic (exact) mass is 370 g/mol. The van der Waals surface area contributed by atoms with Gasteiger partial charge in [-0.15, -0.1) is 0 Å². The van der Waals surface area contributed by atoms with Crippen molar-refractivity contribution in [2.24, 2.45) is 10.7 Å². The molecular weight excluding hydrogens is 359 g/mol. The number of halogens is 2. The Morgan fingerprint density at radius 3 is 2.33 bits per heavy atom. The molecule has 110 valence electrons. The standard InChI is InChI=1S/C14H12BrFN2O2S/c1-21(19,20)13-7-6-11(8-12(13)16)18-14(17)9-2-4-10(15)5-3-9/h2-8H,1H3,(H2,17,18). The van der Waals surface area contributed by atoms with Crippen LogP contribution in [0.4, 0.5) is 10.1 Å². The van der Waals surface area contributed by atoms with Crippen LogP contribution in [0.15, 0.2) is 56.8 Å². The highest BCUT2D eigenvalue weighted by molar-refractivity contribution is 9.10. The zero-order valence-electron chi connectivity index (χ0n) is 11.0. The van der Waals surface area contributed by atoms with Crippen LogP contribution >= 0.6 is 15.9 Å². The van der Waals surface area contributed by atoms with Gasteiger partial charge in [0.15, 0.2) is 9.84 Å². The molecule has 0 aliphatic carbocycles. The third-order valence-electron chi connectivity index (χ3n) is 2.70. The van der Waals surface area contributed by atoms with Crippen LogP contribution in [0.25, 0.3) is 0 Å². The van der Waals surface area contributed by atoms with Crippen LogP contribution in [0.5, 0.6) is 0 Å². The van der Waals surface area contributed by atoms with E-state index in [2.05, 4.69) is 20.9 Å². The van der Waals surface area contributed by atoms with Crippen molar-refractivity contribution in [1.29, 1.82) is 0 Å². The maximum atomic E-state index is 13.8. The molecule has 0 spiro atoms. The molecule has 0 atom stereocenters. The predicted octanol–water partition coefficient (Wildman–Crippen LogP) is 3.03. The van der Waals surface area contributed by atoms with Crippen molar-refractivity contribution in [2.75, 3.05) is 6.26 Å². The van der Waals surface area contributed by atoms with Crippen LogP contribution < -0.4 is 5.73 Å². The van der Waals surface area contributed by atoms with Gasteiger partial charge in [-0.1, -0.05) is 28.1 Å². The highest BCUT2D eigenvalue weighted by atomic mass is 79.9. The first-order valence-corrected chi connectivity index (χ1v) is 8.55. The molecule has 2 N–H and O–H groups in total. The first kappa shape index (κ1) is 15.7. The zero-order valence-corrected chi connectivity index (χ0v) is 13.4. The van der Waals surface area contributed by atoms with Gasteiger partial charge in [0.1, 0.15) is 16.5 Å². The molecular formula is C14H12BrFN2O2S. The Morgan fingerprint density at radius 1 is 1.19 bits per heavy atom. The van der Waals surface area contributed by atoms with Crippen LogP contribution in [0.1, 0.15) is 5.56 Å². The van der Waals surface area contributed by atoms with Crippen molar-refractivity contribution < 1.29 is 12.8 Å². The average Bonchev–Trinajstić information content (AvgIpc) is 2.37. The predicted molar refractivity (Wildman–Crippen MR) is 84.0 cm³/mol. The molecule has 4 nitrogen and oxygen atoms in total. The smallest absolute Gasteiger partial charge is 0.178 e.